The van der Waals surface area contributed by atoms with Crippen molar-refractivity contribution in [2.24, 2.45) is 5.92 Å². The number of hydrogen-bond donors (Lipinski definition) is 1. The van der Waals surface area contributed by atoms with Gasteiger partial charge in [0.15, 0.2) is 0 Å². The maximum atomic E-state index is 11.2. The number of thiophene rings is 1. The van der Waals surface area contributed by atoms with Crippen molar-refractivity contribution in [2.45, 2.75) is 20.3 Å². The van der Waals surface area contributed by atoms with Crippen LogP contribution in [0.25, 0.3) is 10.8 Å². The third kappa shape index (κ3) is 3.27. The first-order chi connectivity index (χ1) is 8.88. The average molecular weight is 409 g/mol. The second-order valence-electron chi connectivity index (χ2n) is 4.43. The van der Waals surface area contributed by atoms with Gasteiger partial charge < -0.3 is 9.52 Å². The van der Waals surface area contributed by atoms with Crippen LogP contribution < -0.4 is 0 Å². The molecule has 102 valence electrons. The number of oxazole rings is 1. The van der Waals surface area contributed by atoms with E-state index in [4.69, 9.17) is 9.52 Å². The van der Waals surface area contributed by atoms with Crippen molar-refractivity contribution in [1.82, 2.24) is 4.98 Å². The highest BCUT2D eigenvalue weighted by Crippen LogP contribution is 2.38. The van der Waals surface area contributed by atoms with E-state index < -0.39 is 5.97 Å². The molecule has 7 heteroatoms. The van der Waals surface area contributed by atoms with E-state index in [1.54, 1.807) is 0 Å². The van der Waals surface area contributed by atoms with Gasteiger partial charge in [0.25, 0.3) is 0 Å². The molecule has 0 radical (unpaired) electrons. The minimum atomic E-state index is -1.08. The van der Waals surface area contributed by atoms with Crippen molar-refractivity contribution in [2.75, 3.05) is 0 Å². The summed E-state index contributed by atoms with van der Waals surface area (Å²) in [7, 11) is 0. The Morgan fingerprint density at radius 1 is 1.53 bits per heavy atom. The summed E-state index contributed by atoms with van der Waals surface area (Å²) in [5.41, 5.74) is 0.498. The predicted octanol–water partition coefficient (Wildman–Crippen LogP) is 4.82. The number of aromatic carboxylic acids is 1. The first-order valence-electron chi connectivity index (χ1n) is 5.56. The largest absolute Gasteiger partial charge is 0.475 e. The summed E-state index contributed by atoms with van der Waals surface area (Å²) in [5, 5.41) is 9.15. The monoisotopic (exact) mass is 407 g/mol. The van der Waals surface area contributed by atoms with Crippen LogP contribution in [0.1, 0.15) is 30.1 Å². The first kappa shape index (κ1) is 14.7. The Bertz CT molecular complexity index is 599. The molecule has 0 saturated heterocycles. The van der Waals surface area contributed by atoms with Gasteiger partial charge in [0.05, 0.1) is 14.4 Å². The summed E-state index contributed by atoms with van der Waals surface area (Å²) >= 11 is 8.22. The molecule has 4 nitrogen and oxygen atoms in total. The number of aromatic nitrogens is 1. The summed E-state index contributed by atoms with van der Waals surface area (Å²) in [6.45, 7) is 4.02. The van der Waals surface area contributed by atoms with Crippen LogP contribution in [0.15, 0.2) is 18.7 Å². The van der Waals surface area contributed by atoms with Crippen molar-refractivity contribution in [3.8, 4) is 10.8 Å². The van der Waals surface area contributed by atoms with E-state index in [2.05, 4.69) is 36.8 Å². The Kier molecular flexibility index (Phi) is 4.47. The van der Waals surface area contributed by atoms with E-state index >= 15 is 0 Å². The standard InChI is InChI=1S/C12H11Br2NO3S/c1-5(2)3-7-9(12(16)17)18-11(15-7)8-4-6(13)10(14)19-8/h4-5H,3H2,1-2H3,(H,16,17). The molecule has 0 unspecified atom stereocenters. The van der Waals surface area contributed by atoms with Crippen LogP contribution in [0.4, 0.5) is 0 Å². The number of carboxylic acids is 1. The van der Waals surface area contributed by atoms with E-state index in [1.807, 2.05) is 19.9 Å². The number of rotatable bonds is 4. The van der Waals surface area contributed by atoms with Gasteiger partial charge in [-0.25, -0.2) is 9.78 Å². The lowest BCUT2D eigenvalue weighted by Crippen LogP contribution is -2.03. The fourth-order valence-electron chi connectivity index (χ4n) is 1.60. The Morgan fingerprint density at radius 3 is 2.68 bits per heavy atom. The molecule has 1 N–H and O–H groups in total. The molecule has 0 aromatic carbocycles. The van der Waals surface area contributed by atoms with Crippen LogP contribution in [-0.2, 0) is 6.42 Å². The molecule has 0 aliphatic heterocycles. The van der Waals surface area contributed by atoms with Crippen LogP contribution in [-0.4, -0.2) is 16.1 Å². The molecule has 19 heavy (non-hydrogen) atoms. The molecule has 2 heterocycles. The smallest absolute Gasteiger partial charge is 0.373 e. The molecule has 2 aromatic rings. The zero-order chi connectivity index (χ0) is 14.2. The molecule has 0 spiro atoms. The Balaban J connectivity index is 2.45. The molecule has 2 aromatic heterocycles. The Labute approximate surface area is 131 Å². The molecule has 0 aliphatic rings. The highest BCUT2D eigenvalue weighted by Gasteiger charge is 2.22. The maximum Gasteiger partial charge on any atom is 0.373 e. The number of halogens is 2. The molecule has 0 fully saturated rings. The Hall–Kier alpha value is -0.660. The van der Waals surface area contributed by atoms with Gasteiger partial charge in [-0.1, -0.05) is 13.8 Å². The van der Waals surface area contributed by atoms with Gasteiger partial charge in [0.1, 0.15) is 0 Å². The molecule has 0 saturated carbocycles. The van der Waals surface area contributed by atoms with Crippen LogP contribution in [0.2, 0.25) is 0 Å². The third-order valence-corrected chi connectivity index (χ3v) is 5.59. The fraction of sp³-hybridized carbons (Fsp3) is 0.333. The molecular formula is C12H11Br2NO3S. The van der Waals surface area contributed by atoms with Crippen LogP contribution in [0.3, 0.4) is 0 Å². The second-order valence-corrected chi connectivity index (χ2v) is 7.65. The fourth-order valence-corrected chi connectivity index (χ4v) is 3.56. The number of carbonyl (C=O) groups is 1. The second kappa shape index (κ2) is 5.76. The zero-order valence-corrected chi connectivity index (χ0v) is 14.2. The maximum absolute atomic E-state index is 11.2. The summed E-state index contributed by atoms with van der Waals surface area (Å²) in [6.07, 6.45) is 0.582. The van der Waals surface area contributed by atoms with Crippen molar-refractivity contribution in [1.29, 1.82) is 0 Å². The van der Waals surface area contributed by atoms with Gasteiger partial charge in [-0.15, -0.1) is 11.3 Å². The van der Waals surface area contributed by atoms with Gasteiger partial charge in [-0.2, -0.15) is 0 Å². The highest BCUT2D eigenvalue weighted by molar-refractivity contribution is 9.13. The van der Waals surface area contributed by atoms with E-state index in [-0.39, 0.29) is 5.76 Å². The molecule has 0 atom stereocenters. The van der Waals surface area contributed by atoms with Crippen molar-refractivity contribution < 1.29 is 14.3 Å². The number of nitrogens with zero attached hydrogens (tertiary/aromatic N) is 1. The minimum absolute atomic E-state index is 0.0654. The van der Waals surface area contributed by atoms with Crippen molar-refractivity contribution in [3.05, 3.63) is 25.8 Å². The summed E-state index contributed by atoms with van der Waals surface area (Å²) < 4.78 is 7.21. The van der Waals surface area contributed by atoms with Gasteiger partial charge in [-0.05, 0) is 50.3 Å². The molecule has 0 bridgehead atoms. The van der Waals surface area contributed by atoms with E-state index in [9.17, 15) is 4.79 Å². The van der Waals surface area contributed by atoms with Gasteiger partial charge in [-0.3, -0.25) is 0 Å². The average Bonchev–Trinajstić information content (AvgIpc) is 2.83. The number of hydrogen-bond acceptors (Lipinski definition) is 4. The lowest BCUT2D eigenvalue weighted by Gasteiger charge is -1.99. The Morgan fingerprint density at radius 2 is 2.21 bits per heavy atom. The summed E-state index contributed by atoms with van der Waals surface area (Å²) in [4.78, 5) is 16.3. The van der Waals surface area contributed by atoms with Gasteiger partial charge >= 0.3 is 5.97 Å². The normalized spacial score (nSPS) is 11.2. The first-order valence-corrected chi connectivity index (χ1v) is 7.97. The van der Waals surface area contributed by atoms with Crippen LogP contribution in [0.5, 0.6) is 0 Å². The van der Waals surface area contributed by atoms with E-state index in [0.717, 1.165) is 13.1 Å². The SMILES string of the molecule is CC(C)Cc1nc(-c2cc(Br)c(Br)s2)oc1C(=O)O. The molecular weight excluding hydrogens is 398 g/mol. The quantitative estimate of drug-likeness (QED) is 0.787. The molecule has 0 amide bonds. The third-order valence-electron chi connectivity index (χ3n) is 2.35. The minimum Gasteiger partial charge on any atom is -0.475 e. The lowest BCUT2D eigenvalue weighted by molar-refractivity contribution is 0.0661. The van der Waals surface area contributed by atoms with Crippen LogP contribution in [0, 0.1) is 5.92 Å². The van der Waals surface area contributed by atoms with E-state index in [0.29, 0.717) is 23.9 Å². The van der Waals surface area contributed by atoms with E-state index in [1.165, 1.54) is 11.3 Å². The number of carboxylic acid groups (broad SMARTS) is 1. The summed E-state index contributed by atoms with van der Waals surface area (Å²) in [6, 6.07) is 1.85. The predicted molar refractivity (Wildman–Crippen MR) is 80.7 cm³/mol. The van der Waals surface area contributed by atoms with Gasteiger partial charge in [0, 0.05) is 4.47 Å². The van der Waals surface area contributed by atoms with Crippen LogP contribution >= 0.6 is 43.2 Å². The van der Waals surface area contributed by atoms with Crippen molar-refractivity contribution in [3.63, 3.8) is 0 Å². The lowest BCUT2D eigenvalue weighted by atomic mass is 10.1. The highest BCUT2D eigenvalue weighted by atomic mass is 79.9. The molecule has 2 rings (SSSR count). The molecule has 0 aliphatic carbocycles. The topological polar surface area (TPSA) is 63.3 Å². The summed E-state index contributed by atoms with van der Waals surface area (Å²) in [5.74, 6) is -0.476. The zero-order valence-electron chi connectivity index (χ0n) is 10.2. The van der Waals surface area contributed by atoms with Gasteiger partial charge in [0.2, 0.25) is 11.7 Å². The van der Waals surface area contributed by atoms with Crippen molar-refractivity contribution >= 4 is 49.2 Å².